The van der Waals surface area contributed by atoms with Gasteiger partial charge in [-0.15, -0.1) is 0 Å². The average molecular weight is 422 g/mol. The number of rotatable bonds is 10. The number of para-hydroxylation sites is 2. The van der Waals surface area contributed by atoms with Gasteiger partial charge >= 0.3 is 0 Å². The Morgan fingerprint density at radius 2 is 1.79 bits per heavy atom. The van der Waals surface area contributed by atoms with E-state index in [1.807, 2.05) is 31.2 Å². The van der Waals surface area contributed by atoms with E-state index in [1.54, 1.807) is 0 Å². The van der Waals surface area contributed by atoms with Gasteiger partial charge in [-0.2, -0.15) is 0 Å². The van der Waals surface area contributed by atoms with Crippen LogP contribution in [0.2, 0.25) is 0 Å². The van der Waals surface area contributed by atoms with Crippen molar-refractivity contribution in [1.29, 1.82) is 0 Å². The summed E-state index contributed by atoms with van der Waals surface area (Å²) in [4.78, 5) is 12.5. The summed E-state index contributed by atoms with van der Waals surface area (Å²) in [6, 6.07) is 11.7. The highest BCUT2D eigenvalue weighted by molar-refractivity contribution is 7.89. The Bertz CT molecular complexity index is 945. The highest BCUT2D eigenvalue weighted by Crippen LogP contribution is 2.29. The molecule has 2 aromatic carbocycles. The molecule has 0 radical (unpaired) electrons. The summed E-state index contributed by atoms with van der Waals surface area (Å²) in [6.07, 6.45) is 0.876. The van der Waals surface area contributed by atoms with E-state index >= 15 is 0 Å². The first-order chi connectivity index (χ1) is 13.8. The van der Waals surface area contributed by atoms with E-state index in [1.165, 1.54) is 39.4 Å². The van der Waals surface area contributed by atoms with E-state index in [-0.39, 0.29) is 23.0 Å². The molecule has 0 unspecified atom stereocenters. The molecule has 0 fully saturated rings. The normalized spacial score (nSPS) is 11.2. The van der Waals surface area contributed by atoms with Crippen molar-refractivity contribution in [2.75, 3.05) is 45.0 Å². The summed E-state index contributed by atoms with van der Waals surface area (Å²) in [6.45, 7) is 2.57. The minimum Gasteiger partial charge on any atom is -0.495 e. The van der Waals surface area contributed by atoms with Crippen molar-refractivity contribution in [3.05, 3.63) is 42.5 Å². The summed E-state index contributed by atoms with van der Waals surface area (Å²) >= 11 is 0. The van der Waals surface area contributed by atoms with Crippen LogP contribution in [0.25, 0.3) is 0 Å². The highest BCUT2D eigenvalue weighted by atomic mass is 32.2. The van der Waals surface area contributed by atoms with Crippen LogP contribution in [0.5, 0.6) is 11.5 Å². The molecule has 0 aliphatic heterocycles. The first-order valence-corrected chi connectivity index (χ1v) is 10.6. The van der Waals surface area contributed by atoms with Crippen LogP contribution in [0.15, 0.2) is 47.4 Å². The van der Waals surface area contributed by atoms with Gasteiger partial charge in [-0.1, -0.05) is 19.1 Å². The quantitative estimate of drug-likeness (QED) is 0.612. The molecular formula is C20H27N3O5S. The molecule has 0 aliphatic rings. The maximum absolute atomic E-state index is 12.4. The van der Waals surface area contributed by atoms with E-state index < -0.39 is 10.0 Å². The molecule has 158 valence electrons. The Balaban J connectivity index is 2.13. The molecule has 0 heterocycles. The predicted octanol–water partition coefficient (Wildman–Crippen LogP) is 2.78. The second-order valence-corrected chi connectivity index (χ2v) is 8.55. The van der Waals surface area contributed by atoms with Gasteiger partial charge in [0.1, 0.15) is 11.5 Å². The SMILES string of the molecule is CCCOc1ccccc1NCC(=O)Nc1cc(S(=O)(=O)N(C)C)ccc1OC. The second kappa shape index (κ2) is 10.1. The number of carbonyl (C=O) groups excluding carboxylic acids is 1. The van der Waals surface area contributed by atoms with E-state index in [9.17, 15) is 13.2 Å². The molecule has 0 saturated carbocycles. The summed E-state index contributed by atoms with van der Waals surface area (Å²) in [5.74, 6) is 0.675. The number of amides is 1. The van der Waals surface area contributed by atoms with Gasteiger partial charge in [-0.3, -0.25) is 4.79 Å². The number of sulfonamides is 1. The van der Waals surface area contributed by atoms with Crippen LogP contribution >= 0.6 is 0 Å². The van der Waals surface area contributed by atoms with E-state index in [2.05, 4.69) is 10.6 Å². The van der Waals surface area contributed by atoms with Crippen LogP contribution < -0.4 is 20.1 Å². The van der Waals surface area contributed by atoms with Crippen molar-refractivity contribution in [3.8, 4) is 11.5 Å². The molecule has 0 bridgehead atoms. The van der Waals surface area contributed by atoms with E-state index in [0.29, 0.717) is 23.8 Å². The molecular weight excluding hydrogens is 394 g/mol. The lowest BCUT2D eigenvalue weighted by Gasteiger charge is -2.16. The van der Waals surface area contributed by atoms with Crippen molar-refractivity contribution < 1.29 is 22.7 Å². The average Bonchev–Trinajstić information content (AvgIpc) is 2.71. The maximum atomic E-state index is 12.4. The third-order valence-electron chi connectivity index (χ3n) is 4.01. The van der Waals surface area contributed by atoms with Crippen LogP contribution in [0.1, 0.15) is 13.3 Å². The lowest BCUT2D eigenvalue weighted by Crippen LogP contribution is -2.24. The molecule has 0 aliphatic carbocycles. The van der Waals surface area contributed by atoms with Gasteiger partial charge in [0.25, 0.3) is 0 Å². The van der Waals surface area contributed by atoms with Crippen LogP contribution in [-0.2, 0) is 14.8 Å². The Morgan fingerprint density at radius 3 is 2.45 bits per heavy atom. The van der Waals surface area contributed by atoms with Crippen molar-refractivity contribution in [2.45, 2.75) is 18.2 Å². The Labute approximate surface area is 171 Å². The van der Waals surface area contributed by atoms with Crippen molar-refractivity contribution in [3.63, 3.8) is 0 Å². The van der Waals surface area contributed by atoms with Gasteiger partial charge < -0.3 is 20.1 Å². The van der Waals surface area contributed by atoms with E-state index in [0.717, 1.165) is 10.7 Å². The number of anilines is 2. The van der Waals surface area contributed by atoms with Gasteiger partial charge in [0, 0.05) is 14.1 Å². The van der Waals surface area contributed by atoms with E-state index in [4.69, 9.17) is 9.47 Å². The second-order valence-electron chi connectivity index (χ2n) is 6.40. The minimum atomic E-state index is -3.64. The van der Waals surface area contributed by atoms with Gasteiger partial charge in [0.05, 0.1) is 36.5 Å². The van der Waals surface area contributed by atoms with Crippen LogP contribution in [-0.4, -0.2) is 53.0 Å². The highest BCUT2D eigenvalue weighted by Gasteiger charge is 2.20. The molecule has 0 atom stereocenters. The Hall–Kier alpha value is -2.78. The van der Waals surface area contributed by atoms with Gasteiger partial charge in [-0.25, -0.2) is 12.7 Å². The number of ether oxygens (including phenoxy) is 2. The molecule has 1 amide bonds. The molecule has 8 nitrogen and oxygen atoms in total. The van der Waals surface area contributed by atoms with Crippen molar-refractivity contribution >= 4 is 27.3 Å². The zero-order chi connectivity index (χ0) is 21.4. The predicted molar refractivity (Wildman–Crippen MR) is 113 cm³/mol. The molecule has 2 N–H and O–H groups in total. The van der Waals surface area contributed by atoms with Gasteiger partial charge in [-0.05, 0) is 36.8 Å². The lowest BCUT2D eigenvalue weighted by atomic mass is 10.2. The zero-order valence-electron chi connectivity index (χ0n) is 17.1. The number of nitrogens with zero attached hydrogens (tertiary/aromatic N) is 1. The number of hydrogen-bond donors (Lipinski definition) is 2. The fraction of sp³-hybridized carbons (Fsp3) is 0.350. The van der Waals surface area contributed by atoms with Gasteiger partial charge in [0.15, 0.2) is 0 Å². The number of carbonyl (C=O) groups is 1. The summed E-state index contributed by atoms with van der Waals surface area (Å²) in [5, 5.41) is 5.73. The lowest BCUT2D eigenvalue weighted by molar-refractivity contribution is -0.114. The first kappa shape index (κ1) is 22.5. The molecule has 9 heteroatoms. The molecule has 2 aromatic rings. The molecule has 29 heavy (non-hydrogen) atoms. The van der Waals surface area contributed by atoms with Crippen LogP contribution in [0.3, 0.4) is 0 Å². The van der Waals surface area contributed by atoms with Crippen LogP contribution in [0, 0.1) is 0 Å². The Kier molecular flexibility index (Phi) is 7.86. The fourth-order valence-electron chi connectivity index (χ4n) is 2.48. The number of methoxy groups -OCH3 is 1. The fourth-order valence-corrected chi connectivity index (χ4v) is 3.40. The summed E-state index contributed by atoms with van der Waals surface area (Å²) in [7, 11) is 0.702. The monoisotopic (exact) mass is 421 g/mol. The standard InChI is InChI=1S/C20H27N3O5S/c1-5-12-28-19-9-7-6-8-16(19)21-14-20(24)22-17-13-15(10-11-18(17)27-4)29(25,26)23(2)3/h6-11,13,21H,5,12,14H2,1-4H3,(H,22,24). The van der Waals surface area contributed by atoms with Crippen LogP contribution in [0.4, 0.5) is 11.4 Å². The topological polar surface area (TPSA) is 97.0 Å². The Morgan fingerprint density at radius 1 is 1.07 bits per heavy atom. The third-order valence-corrected chi connectivity index (χ3v) is 5.82. The maximum Gasteiger partial charge on any atom is 0.243 e. The molecule has 0 spiro atoms. The first-order valence-electron chi connectivity index (χ1n) is 9.15. The molecule has 2 rings (SSSR count). The summed E-state index contributed by atoms with van der Waals surface area (Å²) < 4.78 is 36.7. The third kappa shape index (κ3) is 5.85. The minimum absolute atomic E-state index is 0.0275. The van der Waals surface area contributed by atoms with Crippen molar-refractivity contribution in [1.82, 2.24) is 4.31 Å². The largest absolute Gasteiger partial charge is 0.495 e. The zero-order valence-corrected chi connectivity index (χ0v) is 17.9. The summed E-state index contributed by atoms with van der Waals surface area (Å²) in [5.41, 5.74) is 0.977. The molecule has 0 saturated heterocycles. The molecule has 0 aromatic heterocycles. The smallest absolute Gasteiger partial charge is 0.243 e. The van der Waals surface area contributed by atoms with Crippen molar-refractivity contribution in [2.24, 2.45) is 0 Å². The number of hydrogen-bond acceptors (Lipinski definition) is 6. The number of nitrogens with one attached hydrogen (secondary N) is 2. The number of benzene rings is 2. The van der Waals surface area contributed by atoms with Gasteiger partial charge in [0.2, 0.25) is 15.9 Å².